The molecule has 0 saturated heterocycles. The molecule has 0 fully saturated rings. The Kier molecular flexibility index (Phi) is 8.15. The molecule has 0 aliphatic rings. The Morgan fingerprint density at radius 2 is 2.19 bits per heavy atom. The van der Waals surface area contributed by atoms with Gasteiger partial charge in [-0.15, -0.1) is 6.58 Å². The summed E-state index contributed by atoms with van der Waals surface area (Å²) in [5.74, 6) is -1.54. The summed E-state index contributed by atoms with van der Waals surface area (Å²) in [5.41, 5.74) is 0. The molecule has 1 unspecified atom stereocenters. The lowest BCUT2D eigenvalue weighted by Crippen LogP contribution is -2.38. The van der Waals surface area contributed by atoms with E-state index in [1.54, 1.807) is 6.08 Å². The molecule has 0 saturated carbocycles. The first kappa shape index (κ1) is 14.6. The quantitative estimate of drug-likeness (QED) is 0.394. The van der Waals surface area contributed by atoms with Gasteiger partial charge in [0.15, 0.2) is 0 Å². The van der Waals surface area contributed by atoms with Crippen molar-refractivity contribution in [1.82, 2.24) is 10.6 Å². The molecule has 92 valence electrons. The van der Waals surface area contributed by atoms with Gasteiger partial charge in [-0.05, 0) is 6.42 Å². The standard InChI is InChI=1S/C11H20N2O3/c1-3-5-9(11(15)16)7-13-10(14)8-12-6-4-2/h4,9,12H,2-3,5-8H2,1H3,(H,13,14)(H,15,16). The van der Waals surface area contributed by atoms with E-state index in [9.17, 15) is 9.59 Å². The molecule has 3 N–H and O–H groups in total. The normalized spacial score (nSPS) is 11.8. The van der Waals surface area contributed by atoms with Gasteiger partial charge in [-0.25, -0.2) is 0 Å². The number of carbonyl (C=O) groups is 2. The van der Waals surface area contributed by atoms with Crippen molar-refractivity contribution < 1.29 is 14.7 Å². The van der Waals surface area contributed by atoms with E-state index in [4.69, 9.17) is 5.11 Å². The summed E-state index contributed by atoms with van der Waals surface area (Å²) < 4.78 is 0. The van der Waals surface area contributed by atoms with Gasteiger partial charge in [-0.2, -0.15) is 0 Å². The SMILES string of the molecule is C=CCNCC(=O)NCC(CCC)C(=O)O. The van der Waals surface area contributed by atoms with E-state index in [-0.39, 0.29) is 19.0 Å². The van der Waals surface area contributed by atoms with Crippen molar-refractivity contribution in [3.05, 3.63) is 12.7 Å². The molecule has 1 atom stereocenters. The fourth-order valence-electron chi connectivity index (χ4n) is 1.25. The van der Waals surface area contributed by atoms with E-state index in [0.717, 1.165) is 6.42 Å². The molecule has 0 bridgehead atoms. The minimum absolute atomic E-state index is 0.185. The van der Waals surface area contributed by atoms with Crippen LogP contribution in [0.5, 0.6) is 0 Å². The van der Waals surface area contributed by atoms with Crippen LogP contribution in [0.3, 0.4) is 0 Å². The summed E-state index contributed by atoms with van der Waals surface area (Å²) in [6, 6.07) is 0. The maximum atomic E-state index is 11.2. The number of hydrogen-bond acceptors (Lipinski definition) is 3. The molecule has 0 aliphatic carbocycles. The Labute approximate surface area is 95.9 Å². The lowest BCUT2D eigenvalue weighted by molar-refractivity contribution is -0.141. The van der Waals surface area contributed by atoms with Gasteiger partial charge < -0.3 is 15.7 Å². The van der Waals surface area contributed by atoms with E-state index in [1.165, 1.54) is 0 Å². The van der Waals surface area contributed by atoms with Crippen LogP contribution < -0.4 is 10.6 Å². The molecule has 0 radical (unpaired) electrons. The molecule has 5 nitrogen and oxygen atoms in total. The van der Waals surface area contributed by atoms with Crippen LogP contribution in [-0.2, 0) is 9.59 Å². The van der Waals surface area contributed by atoms with Gasteiger partial charge in [0, 0.05) is 13.1 Å². The van der Waals surface area contributed by atoms with Crippen molar-refractivity contribution in [3.8, 4) is 0 Å². The second kappa shape index (κ2) is 8.91. The van der Waals surface area contributed by atoms with E-state index < -0.39 is 11.9 Å². The van der Waals surface area contributed by atoms with Crippen LogP contribution in [0, 0.1) is 5.92 Å². The van der Waals surface area contributed by atoms with E-state index in [0.29, 0.717) is 13.0 Å². The minimum atomic E-state index is -0.860. The van der Waals surface area contributed by atoms with Gasteiger partial charge in [0.2, 0.25) is 5.91 Å². The monoisotopic (exact) mass is 228 g/mol. The zero-order chi connectivity index (χ0) is 12.4. The summed E-state index contributed by atoms with van der Waals surface area (Å²) in [6.07, 6.45) is 3.03. The summed E-state index contributed by atoms with van der Waals surface area (Å²) in [7, 11) is 0. The van der Waals surface area contributed by atoms with Crippen LogP contribution in [0.15, 0.2) is 12.7 Å². The number of carboxylic acids is 1. The Balaban J connectivity index is 3.77. The fraction of sp³-hybridized carbons (Fsp3) is 0.636. The van der Waals surface area contributed by atoms with Gasteiger partial charge >= 0.3 is 5.97 Å². The molecule has 0 aromatic rings. The average Bonchev–Trinajstić information content (AvgIpc) is 2.24. The van der Waals surface area contributed by atoms with Gasteiger partial charge in [0.25, 0.3) is 0 Å². The summed E-state index contributed by atoms with van der Waals surface area (Å²) >= 11 is 0. The fourth-order valence-corrected chi connectivity index (χ4v) is 1.25. The van der Waals surface area contributed by atoms with E-state index in [1.807, 2.05) is 6.92 Å². The topological polar surface area (TPSA) is 78.4 Å². The maximum Gasteiger partial charge on any atom is 0.308 e. The molecule has 0 heterocycles. The summed E-state index contributed by atoms with van der Waals surface area (Å²) in [5, 5.41) is 14.3. The van der Waals surface area contributed by atoms with Crippen LogP contribution in [0.1, 0.15) is 19.8 Å². The highest BCUT2D eigenvalue weighted by atomic mass is 16.4. The van der Waals surface area contributed by atoms with Gasteiger partial charge in [0.1, 0.15) is 0 Å². The number of carbonyl (C=O) groups excluding carboxylic acids is 1. The average molecular weight is 228 g/mol. The number of amides is 1. The van der Waals surface area contributed by atoms with E-state index >= 15 is 0 Å². The second-order valence-electron chi connectivity index (χ2n) is 3.55. The first-order valence-corrected chi connectivity index (χ1v) is 5.42. The zero-order valence-electron chi connectivity index (χ0n) is 9.66. The number of nitrogens with one attached hydrogen (secondary N) is 2. The number of carboxylic acid groups (broad SMARTS) is 1. The highest BCUT2D eigenvalue weighted by molar-refractivity contribution is 5.79. The third-order valence-electron chi connectivity index (χ3n) is 2.11. The molecule has 0 rings (SSSR count). The molecule has 16 heavy (non-hydrogen) atoms. The molecular formula is C11H20N2O3. The maximum absolute atomic E-state index is 11.2. The predicted molar refractivity (Wildman–Crippen MR) is 62.1 cm³/mol. The summed E-state index contributed by atoms with van der Waals surface area (Å²) in [4.78, 5) is 22.0. The third-order valence-corrected chi connectivity index (χ3v) is 2.11. The van der Waals surface area contributed by atoms with Crippen LogP contribution in [0.2, 0.25) is 0 Å². The van der Waals surface area contributed by atoms with Gasteiger partial charge in [0.05, 0.1) is 12.5 Å². The predicted octanol–water partition coefficient (Wildman–Crippen LogP) is 0.379. The van der Waals surface area contributed by atoms with Crippen molar-refractivity contribution in [1.29, 1.82) is 0 Å². The van der Waals surface area contributed by atoms with Crippen LogP contribution in [0.4, 0.5) is 0 Å². The van der Waals surface area contributed by atoms with Crippen molar-refractivity contribution in [2.24, 2.45) is 5.92 Å². The second-order valence-corrected chi connectivity index (χ2v) is 3.55. The smallest absolute Gasteiger partial charge is 0.308 e. The Morgan fingerprint density at radius 3 is 2.69 bits per heavy atom. The first-order chi connectivity index (χ1) is 7.61. The lowest BCUT2D eigenvalue weighted by atomic mass is 10.0. The van der Waals surface area contributed by atoms with Gasteiger partial charge in [-0.3, -0.25) is 9.59 Å². The third kappa shape index (κ3) is 7.00. The molecule has 0 aromatic heterocycles. The molecule has 0 aromatic carbocycles. The molecule has 0 aliphatic heterocycles. The van der Waals surface area contributed by atoms with Gasteiger partial charge in [-0.1, -0.05) is 19.4 Å². The molecular weight excluding hydrogens is 208 g/mol. The number of hydrogen-bond donors (Lipinski definition) is 3. The van der Waals surface area contributed by atoms with Crippen LogP contribution >= 0.6 is 0 Å². The number of aliphatic carboxylic acids is 1. The number of rotatable bonds is 9. The lowest BCUT2D eigenvalue weighted by Gasteiger charge is -2.12. The highest BCUT2D eigenvalue weighted by Gasteiger charge is 2.16. The minimum Gasteiger partial charge on any atom is -0.481 e. The summed E-state index contributed by atoms with van der Waals surface area (Å²) in [6.45, 7) is 6.36. The Hall–Kier alpha value is -1.36. The highest BCUT2D eigenvalue weighted by Crippen LogP contribution is 2.04. The van der Waals surface area contributed by atoms with Crippen LogP contribution in [0.25, 0.3) is 0 Å². The molecule has 5 heteroatoms. The van der Waals surface area contributed by atoms with Crippen LogP contribution in [-0.4, -0.2) is 36.6 Å². The van der Waals surface area contributed by atoms with Crippen molar-refractivity contribution in [3.63, 3.8) is 0 Å². The zero-order valence-corrected chi connectivity index (χ0v) is 9.66. The van der Waals surface area contributed by atoms with Crippen molar-refractivity contribution >= 4 is 11.9 Å². The first-order valence-electron chi connectivity index (χ1n) is 5.42. The Morgan fingerprint density at radius 1 is 1.50 bits per heavy atom. The molecule has 1 amide bonds. The van der Waals surface area contributed by atoms with Crippen molar-refractivity contribution in [2.75, 3.05) is 19.6 Å². The Bertz CT molecular complexity index is 241. The largest absolute Gasteiger partial charge is 0.481 e. The van der Waals surface area contributed by atoms with E-state index in [2.05, 4.69) is 17.2 Å². The van der Waals surface area contributed by atoms with Crippen molar-refractivity contribution in [2.45, 2.75) is 19.8 Å². The molecule has 0 spiro atoms.